The predicted molar refractivity (Wildman–Crippen MR) is 41.0 cm³/mol. The summed E-state index contributed by atoms with van der Waals surface area (Å²) in [7, 11) is 0. The minimum Gasteiger partial charge on any atom is -0.487 e. The molecule has 0 saturated heterocycles. The molecule has 65 valence electrons. The molecule has 0 atom stereocenters. The van der Waals surface area contributed by atoms with E-state index in [1.54, 1.807) is 13.8 Å². The molecule has 0 heterocycles. The van der Waals surface area contributed by atoms with Gasteiger partial charge >= 0.3 is 0 Å². The van der Waals surface area contributed by atoms with Crippen LogP contribution in [0.5, 0.6) is 5.75 Å². The lowest BCUT2D eigenvalue weighted by molar-refractivity contribution is 0.229. The van der Waals surface area contributed by atoms with E-state index in [-0.39, 0.29) is 11.9 Å². The van der Waals surface area contributed by atoms with Crippen LogP contribution in [-0.4, -0.2) is 6.10 Å². The summed E-state index contributed by atoms with van der Waals surface area (Å²) in [5.41, 5.74) is 0. The maximum Gasteiger partial charge on any atom is 0.166 e. The van der Waals surface area contributed by atoms with Gasteiger partial charge in [-0.05, 0) is 26.0 Å². The van der Waals surface area contributed by atoms with E-state index in [2.05, 4.69) is 6.07 Å². The molecule has 1 radical (unpaired) electrons. The van der Waals surface area contributed by atoms with Gasteiger partial charge < -0.3 is 4.74 Å². The van der Waals surface area contributed by atoms with E-state index >= 15 is 0 Å². The van der Waals surface area contributed by atoms with Gasteiger partial charge in [-0.2, -0.15) is 0 Å². The van der Waals surface area contributed by atoms with Gasteiger partial charge in [0, 0.05) is 0 Å². The van der Waals surface area contributed by atoms with Crippen LogP contribution in [0.15, 0.2) is 12.1 Å². The van der Waals surface area contributed by atoms with Crippen molar-refractivity contribution in [1.29, 1.82) is 0 Å². The van der Waals surface area contributed by atoms with Crippen LogP contribution in [0.3, 0.4) is 0 Å². The molecule has 0 aromatic heterocycles. The summed E-state index contributed by atoms with van der Waals surface area (Å²) >= 11 is 0. The topological polar surface area (TPSA) is 9.23 Å². The van der Waals surface area contributed by atoms with Crippen molar-refractivity contribution in [1.82, 2.24) is 0 Å². The lowest BCUT2D eigenvalue weighted by Gasteiger charge is -2.09. The van der Waals surface area contributed by atoms with Gasteiger partial charge in [0.05, 0.1) is 12.2 Å². The monoisotopic (exact) mass is 171 g/mol. The van der Waals surface area contributed by atoms with Gasteiger partial charge in [-0.25, -0.2) is 8.78 Å². The number of benzene rings is 1. The summed E-state index contributed by atoms with van der Waals surface area (Å²) in [5, 5.41) is 0. The molecule has 1 nitrogen and oxygen atoms in total. The zero-order valence-electron chi connectivity index (χ0n) is 6.90. The first-order chi connectivity index (χ1) is 5.59. The van der Waals surface area contributed by atoms with Crippen molar-refractivity contribution in [2.45, 2.75) is 20.0 Å². The van der Waals surface area contributed by atoms with E-state index in [1.165, 1.54) is 0 Å². The quantitative estimate of drug-likeness (QED) is 0.664. The third kappa shape index (κ3) is 2.19. The van der Waals surface area contributed by atoms with Crippen molar-refractivity contribution >= 4 is 0 Å². The first kappa shape index (κ1) is 8.97. The highest BCUT2D eigenvalue weighted by Crippen LogP contribution is 2.18. The van der Waals surface area contributed by atoms with Crippen molar-refractivity contribution < 1.29 is 13.5 Å². The Kier molecular flexibility index (Phi) is 2.63. The number of ether oxygens (including phenoxy) is 1. The highest BCUT2D eigenvalue weighted by Gasteiger charge is 2.06. The Morgan fingerprint density at radius 2 is 2.00 bits per heavy atom. The Bertz CT molecular complexity index is 271. The standard InChI is InChI=1S/C9H9F2O/c1-6(2)12-9-5-7(10)3-4-8(9)11/h3-4,6H,1-2H3. The van der Waals surface area contributed by atoms with Gasteiger partial charge in [-0.1, -0.05) is 0 Å². The third-order valence-electron chi connectivity index (χ3n) is 1.18. The molecule has 0 aliphatic heterocycles. The fourth-order valence-corrected chi connectivity index (χ4v) is 0.753. The van der Waals surface area contributed by atoms with Crippen LogP contribution in [0.25, 0.3) is 0 Å². The van der Waals surface area contributed by atoms with Crippen molar-refractivity contribution in [3.05, 3.63) is 29.8 Å². The normalized spacial score (nSPS) is 10.4. The minimum atomic E-state index is -0.618. The molecular formula is C9H9F2O. The second kappa shape index (κ2) is 3.52. The Morgan fingerprint density at radius 1 is 1.33 bits per heavy atom. The number of halogens is 2. The maximum atomic E-state index is 12.8. The summed E-state index contributed by atoms with van der Waals surface area (Å²) in [5.74, 6) is -1.37. The zero-order valence-corrected chi connectivity index (χ0v) is 6.90. The summed E-state index contributed by atoms with van der Waals surface area (Å²) in [6, 6.07) is 4.16. The number of hydrogen-bond donors (Lipinski definition) is 0. The highest BCUT2D eigenvalue weighted by atomic mass is 19.1. The van der Waals surface area contributed by atoms with Gasteiger partial charge in [0.15, 0.2) is 11.6 Å². The smallest absolute Gasteiger partial charge is 0.166 e. The summed E-state index contributed by atoms with van der Waals surface area (Å²) < 4.78 is 30.3. The molecule has 0 aliphatic rings. The molecule has 0 aliphatic carbocycles. The minimum absolute atomic E-state index is 0.162. The van der Waals surface area contributed by atoms with Crippen LogP contribution in [0, 0.1) is 17.7 Å². The molecule has 3 heteroatoms. The molecule has 12 heavy (non-hydrogen) atoms. The Labute approximate surface area is 70.0 Å². The van der Waals surface area contributed by atoms with Crippen molar-refractivity contribution in [2.24, 2.45) is 0 Å². The second-order valence-electron chi connectivity index (χ2n) is 2.65. The van der Waals surface area contributed by atoms with Gasteiger partial charge in [0.25, 0.3) is 0 Å². The Balaban J connectivity index is 2.90. The maximum absolute atomic E-state index is 12.8. The van der Waals surface area contributed by atoms with Crippen molar-refractivity contribution in [3.8, 4) is 5.75 Å². The van der Waals surface area contributed by atoms with Crippen LogP contribution < -0.4 is 4.74 Å². The molecule has 1 aromatic carbocycles. The Hall–Kier alpha value is -1.12. The summed E-state index contributed by atoms with van der Waals surface area (Å²) in [4.78, 5) is 0. The molecule has 0 unspecified atom stereocenters. The zero-order chi connectivity index (χ0) is 9.14. The fraction of sp³-hybridized carbons (Fsp3) is 0.333. The van der Waals surface area contributed by atoms with Crippen molar-refractivity contribution in [2.75, 3.05) is 0 Å². The van der Waals surface area contributed by atoms with E-state index in [0.717, 1.165) is 12.1 Å². The summed E-state index contributed by atoms with van der Waals surface area (Å²) in [6.45, 7) is 3.47. The lowest BCUT2D eigenvalue weighted by Crippen LogP contribution is -2.07. The predicted octanol–water partition coefficient (Wildman–Crippen LogP) is 2.55. The second-order valence-corrected chi connectivity index (χ2v) is 2.65. The molecule has 0 fully saturated rings. The lowest BCUT2D eigenvalue weighted by atomic mass is 10.3. The third-order valence-corrected chi connectivity index (χ3v) is 1.18. The van der Waals surface area contributed by atoms with Crippen LogP contribution >= 0.6 is 0 Å². The molecular weight excluding hydrogens is 162 g/mol. The molecule has 1 rings (SSSR count). The molecule has 0 spiro atoms. The largest absolute Gasteiger partial charge is 0.487 e. The van der Waals surface area contributed by atoms with E-state index in [0.29, 0.717) is 0 Å². The first-order valence-electron chi connectivity index (χ1n) is 3.63. The van der Waals surface area contributed by atoms with Crippen LogP contribution in [0.4, 0.5) is 8.78 Å². The number of hydrogen-bond acceptors (Lipinski definition) is 1. The van der Waals surface area contributed by atoms with Crippen LogP contribution in [0.2, 0.25) is 0 Å². The Morgan fingerprint density at radius 3 is 2.58 bits per heavy atom. The van der Waals surface area contributed by atoms with E-state index in [1.807, 2.05) is 0 Å². The average Bonchev–Trinajstić information content (AvgIpc) is 1.96. The van der Waals surface area contributed by atoms with Gasteiger partial charge in [-0.3, -0.25) is 0 Å². The van der Waals surface area contributed by atoms with Crippen molar-refractivity contribution in [3.63, 3.8) is 0 Å². The van der Waals surface area contributed by atoms with Crippen LogP contribution in [-0.2, 0) is 0 Å². The van der Waals surface area contributed by atoms with Gasteiger partial charge in [0.2, 0.25) is 0 Å². The average molecular weight is 171 g/mol. The van der Waals surface area contributed by atoms with Gasteiger partial charge in [0.1, 0.15) is 5.82 Å². The molecule has 0 saturated carbocycles. The highest BCUT2D eigenvalue weighted by molar-refractivity contribution is 5.23. The molecule has 0 N–H and O–H groups in total. The first-order valence-corrected chi connectivity index (χ1v) is 3.63. The molecule has 1 aromatic rings. The van der Waals surface area contributed by atoms with E-state index < -0.39 is 11.6 Å². The fourth-order valence-electron chi connectivity index (χ4n) is 0.753. The van der Waals surface area contributed by atoms with Gasteiger partial charge in [-0.15, -0.1) is 0 Å². The molecule has 0 bridgehead atoms. The SMILES string of the molecule is CC(C)Oc1[c]c(F)ccc1F. The molecule has 0 amide bonds. The van der Waals surface area contributed by atoms with E-state index in [9.17, 15) is 8.78 Å². The summed E-state index contributed by atoms with van der Waals surface area (Å²) in [6.07, 6.45) is -0.183. The van der Waals surface area contributed by atoms with Crippen LogP contribution in [0.1, 0.15) is 13.8 Å². The van der Waals surface area contributed by atoms with E-state index in [4.69, 9.17) is 4.74 Å². The number of rotatable bonds is 2.